The maximum Gasteiger partial charge on any atom is 0.309 e. The summed E-state index contributed by atoms with van der Waals surface area (Å²) in [7, 11) is 0. The number of hydrogen-bond donors (Lipinski definition) is 0. The Morgan fingerprint density at radius 1 is 1.56 bits per heavy atom. The van der Waals surface area contributed by atoms with Crippen LogP contribution in [-0.2, 0) is 9.53 Å². The predicted molar refractivity (Wildman–Crippen MR) is 64.7 cm³/mol. The van der Waals surface area contributed by atoms with Gasteiger partial charge in [0.25, 0.3) is 0 Å². The van der Waals surface area contributed by atoms with Crippen LogP contribution < -0.4 is 0 Å². The Bertz CT molecular complexity index is 404. The van der Waals surface area contributed by atoms with Crippen LogP contribution in [0.25, 0.3) is 6.08 Å². The Morgan fingerprint density at radius 2 is 2.31 bits per heavy atom. The smallest absolute Gasteiger partial charge is 0.309 e. The number of carbonyl (C=O) groups is 2. The van der Waals surface area contributed by atoms with Crippen molar-refractivity contribution in [3.63, 3.8) is 0 Å². The second-order valence-electron chi connectivity index (χ2n) is 3.23. The number of rotatable bonds is 5. The van der Waals surface area contributed by atoms with Crippen molar-refractivity contribution < 1.29 is 14.3 Å². The molecule has 0 amide bonds. The lowest BCUT2D eigenvalue weighted by atomic mass is 10.2. The van der Waals surface area contributed by atoms with Crippen LogP contribution in [-0.4, -0.2) is 18.9 Å². The molecule has 0 aliphatic rings. The number of carbonyl (C=O) groups excluding carboxylic acids is 2. The Labute approximate surface area is 98.7 Å². The normalized spacial score (nSPS) is 10.6. The molecule has 0 atom stereocenters. The van der Waals surface area contributed by atoms with Crippen LogP contribution in [0.4, 0.5) is 0 Å². The van der Waals surface area contributed by atoms with E-state index in [-0.39, 0.29) is 12.4 Å². The molecule has 16 heavy (non-hydrogen) atoms. The van der Waals surface area contributed by atoms with Crippen molar-refractivity contribution >= 4 is 29.7 Å². The van der Waals surface area contributed by atoms with Crippen LogP contribution in [0, 0.1) is 6.92 Å². The molecule has 0 unspecified atom stereocenters. The third-order valence-corrected chi connectivity index (χ3v) is 3.08. The molecular formula is C12H14O3S. The summed E-state index contributed by atoms with van der Waals surface area (Å²) < 4.78 is 4.79. The van der Waals surface area contributed by atoms with Crippen LogP contribution in [0.15, 0.2) is 12.1 Å². The summed E-state index contributed by atoms with van der Waals surface area (Å²) >= 11 is 1.42. The van der Waals surface area contributed by atoms with E-state index < -0.39 is 0 Å². The van der Waals surface area contributed by atoms with Crippen molar-refractivity contribution in [3.8, 4) is 0 Å². The minimum Gasteiger partial charge on any atom is -0.466 e. The summed E-state index contributed by atoms with van der Waals surface area (Å²) in [6.07, 6.45) is 4.71. The molecule has 0 saturated carbocycles. The summed E-state index contributed by atoms with van der Waals surface area (Å²) in [5.74, 6) is -0.233. The Kier molecular flexibility index (Phi) is 4.92. The molecule has 1 rings (SSSR count). The number of esters is 1. The number of ether oxygens (including phenoxy) is 1. The van der Waals surface area contributed by atoms with Gasteiger partial charge in [-0.05, 0) is 31.6 Å². The maximum atomic E-state index is 11.1. The molecule has 86 valence electrons. The van der Waals surface area contributed by atoms with Gasteiger partial charge in [-0.2, -0.15) is 0 Å². The monoisotopic (exact) mass is 238 g/mol. The van der Waals surface area contributed by atoms with Crippen molar-refractivity contribution in [2.45, 2.75) is 20.3 Å². The lowest BCUT2D eigenvalue weighted by Crippen LogP contribution is -2.01. The molecule has 0 saturated heterocycles. The first-order chi connectivity index (χ1) is 7.67. The van der Waals surface area contributed by atoms with Crippen LogP contribution in [0.5, 0.6) is 0 Å². The SMILES string of the molecule is CCOC(=O)CC=Cc1sc(C=O)cc1C. The van der Waals surface area contributed by atoms with Gasteiger partial charge in [0.15, 0.2) is 6.29 Å². The number of hydrogen-bond acceptors (Lipinski definition) is 4. The quantitative estimate of drug-likeness (QED) is 0.585. The number of aldehydes is 1. The van der Waals surface area contributed by atoms with E-state index in [1.54, 1.807) is 13.0 Å². The topological polar surface area (TPSA) is 43.4 Å². The zero-order chi connectivity index (χ0) is 12.0. The van der Waals surface area contributed by atoms with Gasteiger partial charge in [-0.3, -0.25) is 9.59 Å². The fourth-order valence-electron chi connectivity index (χ4n) is 1.23. The molecule has 1 aromatic rings. The molecule has 4 heteroatoms. The average molecular weight is 238 g/mol. The van der Waals surface area contributed by atoms with Gasteiger partial charge in [0.05, 0.1) is 17.9 Å². The molecule has 0 radical (unpaired) electrons. The highest BCUT2D eigenvalue weighted by molar-refractivity contribution is 7.14. The third kappa shape index (κ3) is 3.62. The Balaban J connectivity index is 2.58. The van der Waals surface area contributed by atoms with E-state index >= 15 is 0 Å². The zero-order valence-electron chi connectivity index (χ0n) is 9.36. The fourth-order valence-corrected chi connectivity index (χ4v) is 2.15. The standard InChI is InChI=1S/C12H14O3S/c1-3-15-12(14)6-4-5-11-9(2)7-10(8-13)16-11/h4-5,7-8H,3,6H2,1-2H3. The molecule has 0 bridgehead atoms. The first kappa shape index (κ1) is 12.6. The van der Waals surface area contributed by atoms with Crippen molar-refractivity contribution in [2.24, 2.45) is 0 Å². The second kappa shape index (κ2) is 6.23. The highest BCUT2D eigenvalue weighted by Crippen LogP contribution is 2.21. The largest absolute Gasteiger partial charge is 0.466 e. The summed E-state index contributed by atoms with van der Waals surface area (Å²) in [6.45, 7) is 4.12. The molecule has 0 spiro atoms. The van der Waals surface area contributed by atoms with Crippen molar-refractivity contribution in [1.29, 1.82) is 0 Å². The maximum absolute atomic E-state index is 11.1. The molecule has 3 nitrogen and oxygen atoms in total. The van der Waals surface area contributed by atoms with Gasteiger partial charge in [-0.25, -0.2) is 0 Å². The molecule has 1 aromatic heterocycles. The zero-order valence-corrected chi connectivity index (χ0v) is 10.2. The highest BCUT2D eigenvalue weighted by Gasteiger charge is 2.02. The van der Waals surface area contributed by atoms with Gasteiger partial charge in [-0.15, -0.1) is 11.3 Å². The predicted octanol–water partition coefficient (Wildman–Crippen LogP) is 2.84. The van der Waals surface area contributed by atoms with Crippen molar-refractivity contribution in [1.82, 2.24) is 0 Å². The van der Waals surface area contributed by atoms with Gasteiger partial charge < -0.3 is 4.74 Å². The van der Waals surface area contributed by atoms with Crippen molar-refractivity contribution in [2.75, 3.05) is 6.61 Å². The van der Waals surface area contributed by atoms with E-state index in [4.69, 9.17) is 4.74 Å². The molecular weight excluding hydrogens is 224 g/mol. The van der Waals surface area contributed by atoms with E-state index in [0.717, 1.165) is 16.7 Å². The van der Waals surface area contributed by atoms with Crippen LogP contribution in [0.2, 0.25) is 0 Å². The second-order valence-corrected chi connectivity index (χ2v) is 4.34. The minimum absolute atomic E-state index is 0.233. The molecule has 0 fully saturated rings. The molecule has 0 aromatic carbocycles. The van der Waals surface area contributed by atoms with E-state index in [1.807, 2.05) is 19.1 Å². The summed E-state index contributed by atoms with van der Waals surface area (Å²) in [5, 5.41) is 0. The van der Waals surface area contributed by atoms with E-state index in [1.165, 1.54) is 11.3 Å². The first-order valence-corrected chi connectivity index (χ1v) is 5.86. The number of aryl methyl sites for hydroxylation is 1. The van der Waals surface area contributed by atoms with Crippen molar-refractivity contribution in [3.05, 3.63) is 27.5 Å². The average Bonchev–Trinajstić information content (AvgIpc) is 2.60. The van der Waals surface area contributed by atoms with Gasteiger partial charge in [0.2, 0.25) is 0 Å². The molecule has 0 aliphatic heterocycles. The molecule has 0 N–H and O–H groups in total. The first-order valence-electron chi connectivity index (χ1n) is 5.05. The summed E-state index contributed by atoms with van der Waals surface area (Å²) in [4.78, 5) is 23.3. The lowest BCUT2D eigenvalue weighted by molar-refractivity contribution is -0.142. The van der Waals surface area contributed by atoms with E-state index in [2.05, 4.69) is 0 Å². The number of thiophene rings is 1. The Morgan fingerprint density at radius 3 is 2.88 bits per heavy atom. The fraction of sp³-hybridized carbons (Fsp3) is 0.333. The molecule has 0 aliphatic carbocycles. The minimum atomic E-state index is -0.233. The lowest BCUT2D eigenvalue weighted by Gasteiger charge is -1.96. The summed E-state index contributed by atoms with van der Waals surface area (Å²) in [6, 6.07) is 1.84. The Hall–Kier alpha value is -1.42. The van der Waals surface area contributed by atoms with Crippen LogP contribution >= 0.6 is 11.3 Å². The summed E-state index contributed by atoms with van der Waals surface area (Å²) in [5.41, 5.74) is 1.05. The van der Waals surface area contributed by atoms with Crippen LogP contribution in [0.3, 0.4) is 0 Å². The van der Waals surface area contributed by atoms with Crippen LogP contribution in [0.1, 0.15) is 33.5 Å². The van der Waals surface area contributed by atoms with E-state index in [9.17, 15) is 9.59 Å². The highest BCUT2D eigenvalue weighted by atomic mass is 32.1. The van der Waals surface area contributed by atoms with Gasteiger partial charge in [-0.1, -0.05) is 6.08 Å². The van der Waals surface area contributed by atoms with Gasteiger partial charge in [0, 0.05) is 4.88 Å². The molecule has 1 heterocycles. The van der Waals surface area contributed by atoms with Gasteiger partial charge in [0.1, 0.15) is 0 Å². The van der Waals surface area contributed by atoms with Gasteiger partial charge >= 0.3 is 5.97 Å². The van der Waals surface area contributed by atoms with E-state index in [0.29, 0.717) is 11.5 Å². The third-order valence-electron chi connectivity index (χ3n) is 1.95.